The van der Waals surface area contributed by atoms with Gasteiger partial charge in [0.2, 0.25) is 5.91 Å². The molecule has 1 aromatic heterocycles. The van der Waals surface area contributed by atoms with Gasteiger partial charge in [-0.15, -0.1) is 0 Å². The molecule has 11 heteroatoms. The Kier molecular flexibility index (Phi) is 9.01. The molecule has 0 radical (unpaired) electrons. The van der Waals surface area contributed by atoms with E-state index < -0.39 is 5.91 Å². The minimum atomic E-state index is -0.438. The van der Waals surface area contributed by atoms with Gasteiger partial charge < -0.3 is 30.2 Å². The molecule has 0 saturated carbocycles. The largest absolute Gasteiger partial charge is 0.487 e. The number of hydrogen-bond donors (Lipinski definition) is 2. The molecule has 6 rings (SSSR count). The van der Waals surface area contributed by atoms with Crippen molar-refractivity contribution in [3.8, 4) is 17.6 Å². The van der Waals surface area contributed by atoms with Crippen molar-refractivity contribution in [2.75, 3.05) is 36.5 Å². The zero-order valence-electron chi connectivity index (χ0n) is 24.4. The van der Waals surface area contributed by atoms with Gasteiger partial charge in [0, 0.05) is 48.9 Å². The van der Waals surface area contributed by atoms with Crippen molar-refractivity contribution < 1.29 is 23.4 Å². The van der Waals surface area contributed by atoms with Crippen LogP contribution < -0.4 is 25.4 Å². The van der Waals surface area contributed by atoms with Crippen LogP contribution in [0.1, 0.15) is 30.4 Å². The van der Waals surface area contributed by atoms with Crippen LogP contribution in [0.25, 0.3) is 10.9 Å². The summed E-state index contributed by atoms with van der Waals surface area (Å²) in [6.07, 6.45) is 5.16. The molecule has 1 amide bonds. The molecule has 230 valence electrons. The normalized spacial score (nSPS) is 16.3. The molecule has 45 heavy (non-hydrogen) atoms. The quantitative estimate of drug-likeness (QED) is 0.204. The Hall–Kier alpha value is -4.85. The molecule has 9 nitrogen and oxygen atoms in total. The molecule has 1 unspecified atom stereocenters. The standard InChI is InChI=1S/C34H31ClFN5O4/c35-28-14-25(4-5-31(28)44-19-22-2-1-3-24(36)12-22)40-34-23(17-37)18-39-29-16-32(45-26-8-11-43-20-26)30(15-27(29)34)41-9-6-21(7-10-41)13-33(38)42/h1-5,12-16,18,26H,6-11,19-20H2,(H2,38,42)(H,39,40). The second-order valence-corrected chi connectivity index (χ2v) is 11.4. The number of carbonyl (C=O) groups is 1. The Bertz CT molecular complexity index is 1810. The van der Waals surface area contributed by atoms with E-state index in [1.165, 1.54) is 24.4 Å². The predicted octanol–water partition coefficient (Wildman–Crippen LogP) is 6.40. The molecule has 0 spiro atoms. The number of nitriles is 1. The average Bonchev–Trinajstić information content (AvgIpc) is 3.54. The van der Waals surface area contributed by atoms with Crippen LogP contribution in [-0.4, -0.2) is 43.3 Å². The predicted molar refractivity (Wildman–Crippen MR) is 171 cm³/mol. The third-order valence-electron chi connectivity index (χ3n) is 7.83. The van der Waals surface area contributed by atoms with Crippen molar-refractivity contribution >= 4 is 45.5 Å². The van der Waals surface area contributed by atoms with Gasteiger partial charge in [-0.2, -0.15) is 5.26 Å². The molecular formula is C34H31ClFN5O4. The highest BCUT2D eigenvalue weighted by Gasteiger charge is 2.24. The number of primary amides is 1. The van der Waals surface area contributed by atoms with E-state index in [0.717, 1.165) is 23.1 Å². The number of fused-ring (bicyclic) bond motifs is 1. The van der Waals surface area contributed by atoms with Crippen LogP contribution in [0.5, 0.6) is 11.5 Å². The Morgan fingerprint density at radius 2 is 2.04 bits per heavy atom. The first kappa shape index (κ1) is 30.2. The summed E-state index contributed by atoms with van der Waals surface area (Å²) in [5.74, 6) is 0.359. The van der Waals surface area contributed by atoms with Gasteiger partial charge in [0.1, 0.15) is 36.1 Å². The first-order chi connectivity index (χ1) is 21.9. The molecule has 2 fully saturated rings. The van der Waals surface area contributed by atoms with Gasteiger partial charge in [-0.1, -0.05) is 29.3 Å². The topological polar surface area (TPSA) is 123 Å². The number of nitrogens with two attached hydrogens (primary N) is 1. The van der Waals surface area contributed by atoms with Crippen molar-refractivity contribution in [2.24, 2.45) is 5.73 Å². The van der Waals surface area contributed by atoms with Crippen molar-refractivity contribution in [1.29, 1.82) is 5.26 Å². The Balaban J connectivity index is 1.32. The van der Waals surface area contributed by atoms with Crippen LogP contribution >= 0.6 is 11.6 Å². The van der Waals surface area contributed by atoms with E-state index in [9.17, 15) is 14.4 Å². The van der Waals surface area contributed by atoms with Crippen molar-refractivity contribution in [3.05, 3.63) is 94.4 Å². The average molecular weight is 628 g/mol. The number of rotatable bonds is 9. The fourth-order valence-corrected chi connectivity index (χ4v) is 5.80. The monoisotopic (exact) mass is 627 g/mol. The summed E-state index contributed by atoms with van der Waals surface area (Å²) in [5.41, 5.74) is 10.2. The van der Waals surface area contributed by atoms with Gasteiger partial charge >= 0.3 is 0 Å². The summed E-state index contributed by atoms with van der Waals surface area (Å²) in [5, 5.41) is 14.5. The Morgan fingerprint density at radius 1 is 1.20 bits per heavy atom. The summed E-state index contributed by atoms with van der Waals surface area (Å²) in [6, 6.07) is 17.6. The molecule has 1 atom stereocenters. The number of hydrogen-bond acceptors (Lipinski definition) is 8. The lowest BCUT2D eigenvalue weighted by molar-refractivity contribution is -0.113. The summed E-state index contributed by atoms with van der Waals surface area (Å²) in [7, 11) is 0. The SMILES string of the molecule is N#Cc1cnc2cc(OC3CCOC3)c(N3CCC(=CC(N)=O)CC3)cc2c1Nc1ccc(OCc2cccc(F)c2)c(Cl)c1. The number of pyridine rings is 1. The molecule has 2 aliphatic heterocycles. The van der Waals surface area contributed by atoms with Crippen LogP contribution in [0.2, 0.25) is 5.02 Å². The summed E-state index contributed by atoms with van der Waals surface area (Å²) < 4.78 is 31.4. The maximum Gasteiger partial charge on any atom is 0.241 e. The number of halogens is 2. The number of piperidine rings is 1. The summed E-state index contributed by atoms with van der Waals surface area (Å²) >= 11 is 6.57. The minimum Gasteiger partial charge on any atom is -0.487 e. The van der Waals surface area contributed by atoms with Gasteiger partial charge in [0.15, 0.2) is 0 Å². The zero-order chi connectivity index (χ0) is 31.3. The highest BCUT2D eigenvalue weighted by atomic mass is 35.5. The summed E-state index contributed by atoms with van der Waals surface area (Å²) in [4.78, 5) is 18.2. The number of nitrogens with one attached hydrogen (secondary N) is 1. The molecule has 2 saturated heterocycles. The molecule has 0 bridgehead atoms. The molecule has 4 aromatic rings. The Morgan fingerprint density at radius 3 is 2.76 bits per heavy atom. The maximum absolute atomic E-state index is 13.6. The minimum absolute atomic E-state index is 0.0731. The fraction of sp³-hybridized carbons (Fsp3) is 0.265. The number of nitrogens with zero attached hydrogens (tertiary/aromatic N) is 3. The second-order valence-electron chi connectivity index (χ2n) is 11.0. The van der Waals surface area contributed by atoms with Crippen LogP contribution in [0, 0.1) is 17.1 Å². The van der Waals surface area contributed by atoms with Crippen molar-refractivity contribution in [1.82, 2.24) is 4.98 Å². The first-order valence-corrected chi connectivity index (χ1v) is 15.0. The third-order valence-corrected chi connectivity index (χ3v) is 8.12. The van der Waals surface area contributed by atoms with Crippen LogP contribution in [0.3, 0.4) is 0 Å². The van der Waals surface area contributed by atoms with E-state index in [4.69, 9.17) is 31.5 Å². The fourth-order valence-electron chi connectivity index (χ4n) is 5.56. The van der Waals surface area contributed by atoms with E-state index in [1.807, 2.05) is 12.1 Å². The molecule has 0 aliphatic carbocycles. The first-order valence-electron chi connectivity index (χ1n) is 14.6. The lowest BCUT2D eigenvalue weighted by atomic mass is 10.0. The summed E-state index contributed by atoms with van der Waals surface area (Å²) in [6.45, 7) is 2.66. The van der Waals surface area contributed by atoms with Gasteiger partial charge in [-0.3, -0.25) is 9.78 Å². The highest BCUT2D eigenvalue weighted by Crippen LogP contribution is 2.40. The van der Waals surface area contributed by atoms with Gasteiger partial charge in [0.05, 0.1) is 40.7 Å². The van der Waals surface area contributed by atoms with Crippen molar-refractivity contribution in [3.63, 3.8) is 0 Å². The van der Waals surface area contributed by atoms with Gasteiger partial charge in [-0.25, -0.2) is 4.39 Å². The molecule has 3 aromatic carbocycles. The molecule has 3 N–H and O–H groups in total. The van der Waals surface area contributed by atoms with Crippen LogP contribution in [-0.2, 0) is 16.1 Å². The molecule has 3 heterocycles. The van der Waals surface area contributed by atoms with E-state index in [-0.39, 0.29) is 18.5 Å². The smallest absolute Gasteiger partial charge is 0.241 e. The second kappa shape index (κ2) is 13.4. The number of anilines is 3. The van der Waals surface area contributed by atoms with Crippen molar-refractivity contribution in [2.45, 2.75) is 32.0 Å². The van der Waals surface area contributed by atoms with E-state index >= 15 is 0 Å². The van der Waals surface area contributed by atoms with Gasteiger partial charge in [-0.05, 0) is 54.8 Å². The number of carbonyl (C=O) groups excluding carboxylic acids is 1. The number of ether oxygens (including phenoxy) is 3. The lowest BCUT2D eigenvalue weighted by Gasteiger charge is -2.32. The lowest BCUT2D eigenvalue weighted by Crippen LogP contribution is -2.32. The third kappa shape index (κ3) is 7.11. The van der Waals surface area contributed by atoms with E-state index in [0.29, 0.717) is 83.7 Å². The Labute approximate surface area is 265 Å². The zero-order valence-corrected chi connectivity index (χ0v) is 25.1. The number of amides is 1. The molecule has 2 aliphatic rings. The van der Waals surface area contributed by atoms with E-state index in [1.54, 1.807) is 30.3 Å². The van der Waals surface area contributed by atoms with Crippen LogP contribution in [0.4, 0.5) is 21.5 Å². The van der Waals surface area contributed by atoms with Gasteiger partial charge in [0.25, 0.3) is 0 Å². The van der Waals surface area contributed by atoms with Crippen LogP contribution in [0.15, 0.2) is 72.4 Å². The number of benzene rings is 3. The van der Waals surface area contributed by atoms with E-state index in [2.05, 4.69) is 21.3 Å². The molecular weight excluding hydrogens is 597 g/mol. The number of aromatic nitrogens is 1. The highest BCUT2D eigenvalue weighted by molar-refractivity contribution is 6.32. The maximum atomic E-state index is 13.6.